The molecule has 0 aliphatic heterocycles. The van der Waals surface area contributed by atoms with Crippen molar-refractivity contribution in [1.29, 1.82) is 0 Å². The van der Waals surface area contributed by atoms with Gasteiger partial charge in [-0.05, 0) is 57.8 Å². The van der Waals surface area contributed by atoms with E-state index in [2.05, 4.69) is 36.0 Å². The number of carbonyl (C=O) groups excluding carboxylic acids is 2. The topological polar surface area (TPSA) is 100 Å². The summed E-state index contributed by atoms with van der Waals surface area (Å²) in [7, 11) is 5.82. The van der Waals surface area contributed by atoms with Crippen molar-refractivity contribution in [3.63, 3.8) is 0 Å². The monoisotopic (exact) mass is 537 g/mol. The molecule has 0 fully saturated rings. The molecule has 0 saturated carbocycles. The van der Waals surface area contributed by atoms with Crippen LogP contribution in [0.15, 0.2) is 42.6 Å². The van der Waals surface area contributed by atoms with Gasteiger partial charge in [0.25, 0.3) is 0 Å². The lowest BCUT2D eigenvalue weighted by atomic mass is 9.99. The Bertz CT molecular complexity index is 945. The number of amides is 1. The molecule has 1 heterocycles. The summed E-state index contributed by atoms with van der Waals surface area (Å²) in [6.07, 6.45) is 7.15. The van der Waals surface area contributed by atoms with Crippen LogP contribution in [0.25, 0.3) is 10.2 Å². The average molecular weight is 538 g/mol. The van der Waals surface area contributed by atoms with E-state index < -0.39 is 0 Å². The molecule has 0 aliphatic carbocycles. The molecular formula is C27H44ClN5O2S. The number of nitrogens with zero attached hydrogens (tertiary/aromatic N) is 2. The lowest BCUT2D eigenvalue weighted by Crippen LogP contribution is -2.45. The minimum absolute atomic E-state index is 0.0860. The Kier molecular flexibility index (Phi) is 18.6. The molecular weight excluding hydrogens is 494 g/mol. The van der Waals surface area contributed by atoms with Crippen molar-refractivity contribution in [2.75, 3.05) is 34.2 Å². The fraction of sp³-hybridized carbons (Fsp3) is 0.519. The predicted octanol–water partition coefficient (Wildman–Crippen LogP) is 4.80. The van der Waals surface area contributed by atoms with Crippen LogP contribution in [0.2, 0.25) is 5.02 Å². The number of fused-ring (bicyclic) bond motifs is 1. The van der Waals surface area contributed by atoms with Crippen LogP contribution in [0, 0.1) is 5.92 Å². The fourth-order valence-corrected chi connectivity index (χ4v) is 4.02. The van der Waals surface area contributed by atoms with Crippen LogP contribution in [0.3, 0.4) is 0 Å². The normalized spacial score (nSPS) is 12.3. The molecule has 202 valence electrons. The van der Waals surface area contributed by atoms with Crippen LogP contribution in [0.4, 0.5) is 0 Å². The smallest absolute Gasteiger partial charge is 0.220 e. The van der Waals surface area contributed by atoms with Gasteiger partial charge in [-0.15, -0.1) is 11.3 Å². The number of hydrogen-bond acceptors (Lipinski definition) is 7. The third kappa shape index (κ3) is 15.7. The minimum atomic E-state index is 0.0860. The second-order valence-corrected chi connectivity index (χ2v) is 10.2. The minimum Gasteiger partial charge on any atom is -0.403 e. The Morgan fingerprint density at radius 1 is 1.33 bits per heavy atom. The first-order valence-corrected chi connectivity index (χ1v) is 13.4. The highest BCUT2D eigenvalue weighted by Gasteiger charge is 2.17. The van der Waals surface area contributed by atoms with Crippen molar-refractivity contribution in [2.45, 2.75) is 52.5 Å². The Balaban J connectivity index is 0.000000779. The lowest BCUT2D eigenvalue weighted by molar-refractivity contribution is -0.122. The second kappa shape index (κ2) is 19.9. The number of benzene rings is 1. The van der Waals surface area contributed by atoms with Gasteiger partial charge in [-0.1, -0.05) is 51.4 Å². The van der Waals surface area contributed by atoms with Crippen molar-refractivity contribution in [3.8, 4) is 0 Å². The van der Waals surface area contributed by atoms with E-state index in [1.165, 1.54) is 6.08 Å². The van der Waals surface area contributed by atoms with Crippen LogP contribution in [-0.4, -0.2) is 62.4 Å². The highest BCUT2D eigenvalue weighted by Crippen LogP contribution is 2.25. The van der Waals surface area contributed by atoms with Crippen LogP contribution >= 0.6 is 22.9 Å². The molecule has 2 unspecified atom stereocenters. The summed E-state index contributed by atoms with van der Waals surface area (Å²) in [6, 6.07) is 5.86. The van der Waals surface area contributed by atoms with Crippen molar-refractivity contribution in [3.05, 3.63) is 52.7 Å². The fourth-order valence-electron chi connectivity index (χ4n) is 2.78. The Morgan fingerprint density at radius 2 is 2.00 bits per heavy atom. The van der Waals surface area contributed by atoms with Gasteiger partial charge in [0.15, 0.2) is 0 Å². The van der Waals surface area contributed by atoms with E-state index in [1.54, 1.807) is 11.3 Å². The molecule has 9 heteroatoms. The standard InChI is InChI=1S/C17H24ClN3OS.C6H11NO.C4H9N/c1-4-11(2)14(10-19-3)20-16(22)7-8-17-21-13-6-5-12(18)9-15(13)23-17;1-7(2)5-3-4-6-8;1-3-4(2)5/h5-6,9,11,14,19H,4,7-8,10H2,1-3H3,(H,20,22);3-4,6H,5H2,1-2H3;2-3,5H2,1H3/b;4-3+;. The van der Waals surface area contributed by atoms with Gasteiger partial charge in [-0.25, -0.2) is 4.98 Å². The molecule has 36 heavy (non-hydrogen) atoms. The molecule has 0 saturated heterocycles. The number of halogens is 1. The van der Waals surface area contributed by atoms with Gasteiger partial charge in [0.1, 0.15) is 6.29 Å². The molecule has 2 atom stereocenters. The molecule has 2 rings (SSSR count). The summed E-state index contributed by atoms with van der Waals surface area (Å²) in [4.78, 5) is 28.4. The molecule has 4 N–H and O–H groups in total. The highest BCUT2D eigenvalue weighted by atomic mass is 35.5. The van der Waals surface area contributed by atoms with Crippen LogP contribution in [0.1, 0.15) is 45.0 Å². The number of thiazole rings is 1. The zero-order valence-corrected chi connectivity index (χ0v) is 24.2. The molecule has 1 aromatic heterocycles. The summed E-state index contributed by atoms with van der Waals surface area (Å²) >= 11 is 7.60. The molecule has 7 nitrogen and oxygen atoms in total. The summed E-state index contributed by atoms with van der Waals surface area (Å²) in [5.41, 5.74) is 6.80. The van der Waals surface area contributed by atoms with Crippen molar-refractivity contribution in [2.24, 2.45) is 11.7 Å². The zero-order valence-electron chi connectivity index (χ0n) is 22.6. The lowest BCUT2D eigenvalue weighted by Gasteiger charge is -2.24. The van der Waals surface area contributed by atoms with E-state index in [0.29, 0.717) is 23.8 Å². The third-order valence-corrected chi connectivity index (χ3v) is 6.51. The van der Waals surface area contributed by atoms with E-state index in [-0.39, 0.29) is 11.9 Å². The number of allylic oxidation sites excluding steroid dienone is 2. The molecule has 1 amide bonds. The molecule has 1 aromatic carbocycles. The average Bonchev–Trinajstić information content (AvgIpc) is 3.24. The van der Waals surface area contributed by atoms with Gasteiger partial charge in [-0.2, -0.15) is 0 Å². The number of aryl methyl sites for hydroxylation is 1. The number of rotatable bonds is 12. The van der Waals surface area contributed by atoms with E-state index in [9.17, 15) is 9.59 Å². The largest absolute Gasteiger partial charge is 0.403 e. The Labute approximate surface area is 226 Å². The van der Waals surface area contributed by atoms with Gasteiger partial charge in [0, 0.05) is 42.7 Å². The van der Waals surface area contributed by atoms with E-state index in [0.717, 1.165) is 53.1 Å². The number of likely N-dealkylation sites (N-methyl/N-ethyl adjacent to an activating group) is 2. The molecule has 2 aromatic rings. The maximum atomic E-state index is 12.2. The summed E-state index contributed by atoms with van der Waals surface area (Å²) in [5, 5.41) is 7.98. The maximum absolute atomic E-state index is 12.2. The first-order valence-electron chi connectivity index (χ1n) is 12.2. The molecule has 0 radical (unpaired) electrons. The van der Waals surface area contributed by atoms with Crippen LogP contribution < -0.4 is 16.4 Å². The summed E-state index contributed by atoms with van der Waals surface area (Å²) in [5.74, 6) is 0.541. The number of nitrogens with two attached hydrogens (primary N) is 1. The van der Waals surface area contributed by atoms with Gasteiger partial charge in [0.05, 0.1) is 15.2 Å². The Hall–Kier alpha value is -2.26. The molecule has 0 bridgehead atoms. The number of hydrogen-bond donors (Lipinski definition) is 3. The number of aldehydes is 1. The van der Waals surface area contributed by atoms with Crippen molar-refractivity contribution >= 4 is 45.3 Å². The first-order chi connectivity index (χ1) is 17.1. The third-order valence-electron chi connectivity index (χ3n) is 5.20. The van der Waals surface area contributed by atoms with Gasteiger partial charge in [0.2, 0.25) is 5.91 Å². The van der Waals surface area contributed by atoms with Gasteiger partial charge < -0.3 is 21.3 Å². The Morgan fingerprint density at radius 3 is 2.53 bits per heavy atom. The molecule has 0 aliphatic rings. The van der Waals surface area contributed by atoms with Gasteiger partial charge >= 0.3 is 0 Å². The van der Waals surface area contributed by atoms with Crippen molar-refractivity contribution < 1.29 is 9.59 Å². The number of aromatic nitrogens is 1. The zero-order chi connectivity index (χ0) is 27.5. The van der Waals surface area contributed by atoms with Crippen LogP contribution in [-0.2, 0) is 16.0 Å². The summed E-state index contributed by atoms with van der Waals surface area (Å²) in [6.45, 7) is 11.4. The number of nitrogens with one attached hydrogen (secondary N) is 2. The first kappa shape index (κ1) is 33.7. The highest BCUT2D eigenvalue weighted by molar-refractivity contribution is 7.18. The SMILES string of the molecule is C=C(N)CC.CCC(C)C(CNC)NC(=O)CCc1nc2ccc(Cl)cc2s1.CN(C)C/C=C/C=O. The molecule has 0 spiro atoms. The maximum Gasteiger partial charge on any atom is 0.220 e. The van der Waals surface area contributed by atoms with Gasteiger partial charge in [-0.3, -0.25) is 9.59 Å². The quantitative estimate of drug-likeness (QED) is 0.265. The summed E-state index contributed by atoms with van der Waals surface area (Å²) < 4.78 is 1.07. The van der Waals surface area contributed by atoms with E-state index in [4.69, 9.17) is 17.3 Å². The predicted molar refractivity (Wildman–Crippen MR) is 156 cm³/mol. The van der Waals surface area contributed by atoms with E-state index >= 15 is 0 Å². The van der Waals surface area contributed by atoms with Crippen LogP contribution in [0.5, 0.6) is 0 Å². The van der Waals surface area contributed by atoms with Crippen molar-refractivity contribution in [1.82, 2.24) is 20.5 Å². The number of carbonyl (C=O) groups is 2. The second-order valence-electron chi connectivity index (χ2n) is 8.68. The van der Waals surface area contributed by atoms with E-state index in [1.807, 2.05) is 57.2 Å².